The van der Waals surface area contributed by atoms with E-state index in [2.05, 4.69) is 10.1 Å². The summed E-state index contributed by atoms with van der Waals surface area (Å²) >= 11 is 0. The Hall–Kier alpha value is -4.15. The van der Waals surface area contributed by atoms with Gasteiger partial charge in [0, 0.05) is 42.8 Å². The molecular weight excluding hydrogens is 456 g/mol. The molecule has 0 atom stereocenters. The van der Waals surface area contributed by atoms with Gasteiger partial charge in [-0.3, -0.25) is 14.9 Å². The third kappa shape index (κ3) is 6.05. The van der Waals surface area contributed by atoms with Crippen molar-refractivity contribution in [2.24, 2.45) is 0 Å². The van der Waals surface area contributed by atoms with Crippen LogP contribution in [0.15, 0.2) is 40.9 Å². The Balaban J connectivity index is 1.78. The van der Waals surface area contributed by atoms with Crippen LogP contribution in [0.5, 0.6) is 17.2 Å². The number of aromatic nitrogens is 2. The SMILES string of the molecule is CCCCN(CCc1nc(-c2cc(OC)c(OC)c(OC)c2)no1)C(=O)c1cccc([N+](=O)[O-])c1. The molecule has 11 nitrogen and oxygen atoms in total. The predicted molar refractivity (Wildman–Crippen MR) is 127 cm³/mol. The van der Waals surface area contributed by atoms with Crippen molar-refractivity contribution in [1.82, 2.24) is 15.0 Å². The van der Waals surface area contributed by atoms with Crippen LogP contribution in [-0.2, 0) is 6.42 Å². The first kappa shape index (κ1) is 25.5. The second-order valence-corrected chi connectivity index (χ2v) is 7.63. The number of nitro groups is 1. The Morgan fingerprint density at radius 2 is 1.80 bits per heavy atom. The van der Waals surface area contributed by atoms with E-state index in [0.29, 0.717) is 54.0 Å². The summed E-state index contributed by atoms with van der Waals surface area (Å²) < 4.78 is 21.5. The highest BCUT2D eigenvalue weighted by Gasteiger charge is 2.20. The lowest BCUT2D eigenvalue weighted by Gasteiger charge is -2.22. The summed E-state index contributed by atoms with van der Waals surface area (Å²) in [6.45, 7) is 2.85. The number of hydrogen-bond acceptors (Lipinski definition) is 9. The topological polar surface area (TPSA) is 130 Å². The van der Waals surface area contributed by atoms with Crippen LogP contribution < -0.4 is 14.2 Å². The molecule has 1 aromatic heterocycles. The Labute approximate surface area is 202 Å². The summed E-state index contributed by atoms with van der Waals surface area (Å²) in [5, 5.41) is 15.1. The van der Waals surface area contributed by atoms with Crippen LogP contribution >= 0.6 is 0 Å². The minimum absolute atomic E-state index is 0.127. The number of unbranched alkanes of at least 4 members (excludes halogenated alkanes) is 1. The van der Waals surface area contributed by atoms with Crippen molar-refractivity contribution in [2.45, 2.75) is 26.2 Å². The van der Waals surface area contributed by atoms with E-state index in [1.807, 2.05) is 6.92 Å². The number of methoxy groups -OCH3 is 3. The van der Waals surface area contributed by atoms with Crippen LogP contribution in [0.1, 0.15) is 36.0 Å². The zero-order valence-corrected chi connectivity index (χ0v) is 20.1. The Morgan fingerprint density at radius 3 is 2.40 bits per heavy atom. The number of rotatable bonds is 12. The van der Waals surface area contributed by atoms with Crippen molar-refractivity contribution in [3.63, 3.8) is 0 Å². The second kappa shape index (κ2) is 11.8. The first-order valence-corrected chi connectivity index (χ1v) is 11.1. The molecule has 0 bridgehead atoms. The van der Waals surface area contributed by atoms with Crippen molar-refractivity contribution in [2.75, 3.05) is 34.4 Å². The Morgan fingerprint density at radius 1 is 1.09 bits per heavy atom. The summed E-state index contributed by atoms with van der Waals surface area (Å²) in [4.78, 5) is 29.7. The molecule has 0 aliphatic heterocycles. The van der Waals surface area contributed by atoms with Gasteiger partial charge >= 0.3 is 0 Å². The van der Waals surface area contributed by atoms with Crippen LogP contribution in [-0.4, -0.2) is 60.3 Å². The third-order valence-electron chi connectivity index (χ3n) is 5.36. The van der Waals surface area contributed by atoms with Gasteiger partial charge in [-0.05, 0) is 24.6 Å². The van der Waals surface area contributed by atoms with E-state index < -0.39 is 4.92 Å². The molecule has 186 valence electrons. The first-order chi connectivity index (χ1) is 16.9. The van der Waals surface area contributed by atoms with Crippen molar-refractivity contribution in [1.29, 1.82) is 0 Å². The molecule has 0 aliphatic carbocycles. The monoisotopic (exact) mass is 484 g/mol. The summed E-state index contributed by atoms with van der Waals surface area (Å²) in [5.74, 6) is 1.77. The molecule has 0 fully saturated rings. The molecule has 3 aromatic rings. The molecule has 11 heteroatoms. The van der Waals surface area contributed by atoms with Gasteiger partial charge in [-0.25, -0.2) is 0 Å². The number of non-ortho nitro benzene ring substituents is 1. The Bertz CT molecular complexity index is 1150. The molecule has 2 aromatic carbocycles. The Kier molecular flexibility index (Phi) is 8.60. The van der Waals surface area contributed by atoms with Crippen LogP contribution in [0.2, 0.25) is 0 Å². The number of benzene rings is 2. The lowest BCUT2D eigenvalue weighted by molar-refractivity contribution is -0.384. The average Bonchev–Trinajstić information content (AvgIpc) is 3.36. The summed E-state index contributed by atoms with van der Waals surface area (Å²) in [6, 6.07) is 9.16. The highest BCUT2D eigenvalue weighted by molar-refractivity contribution is 5.94. The van der Waals surface area contributed by atoms with E-state index in [-0.39, 0.29) is 17.2 Å². The van der Waals surface area contributed by atoms with Crippen molar-refractivity contribution >= 4 is 11.6 Å². The maximum absolute atomic E-state index is 13.1. The van der Waals surface area contributed by atoms with E-state index in [1.165, 1.54) is 39.5 Å². The number of amides is 1. The molecule has 0 aliphatic rings. The highest BCUT2D eigenvalue weighted by atomic mass is 16.6. The third-order valence-corrected chi connectivity index (χ3v) is 5.36. The summed E-state index contributed by atoms with van der Waals surface area (Å²) in [5.41, 5.74) is 0.752. The van der Waals surface area contributed by atoms with Gasteiger partial charge in [0.1, 0.15) is 0 Å². The molecule has 0 N–H and O–H groups in total. The minimum atomic E-state index is -0.518. The lowest BCUT2D eigenvalue weighted by atomic mass is 10.1. The van der Waals surface area contributed by atoms with Crippen LogP contribution in [0.25, 0.3) is 11.4 Å². The maximum Gasteiger partial charge on any atom is 0.270 e. The van der Waals surface area contributed by atoms with Crippen molar-refractivity contribution in [3.8, 4) is 28.6 Å². The fourth-order valence-electron chi connectivity index (χ4n) is 3.51. The normalized spacial score (nSPS) is 10.6. The van der Waals surface area contributed by atoms with Gasteiger partial charge in [0.2, 0.25) is 17.5 Å². The number of hydrogen-bond donors (Lipinski definition) is 0. The number of ether oxygens (including phenoxy) is 3. The van der Waals surface area contributed by atoms with Crippen LogP contribution in [0.4, 0.5) is 5.69 Å². The molecule has 0 spiro atoms. The van der Waals surface area contributed by atoms with Gasteiger partial charge < -0.3 is 23.6 Å². The summed E-state index contributed by atoms with van der Waals surface area (Å²) in [6.07, 6.45) is 2.01. The number of carbonyl (C=O) groups excluding carboxylic acids is 1. The molecule has 35 heavy (non-hydrogen) atoms. The molecule has 0 radical (unpaired) electrons. The molecule has 1 amide bonds. The van der Waals surface area contributed by atoms with E-state index in [1.54, 1.807) is 23.1 Å². The van der Waals surface area contributed by atoms with E-state index in [9.17, 15) is 14.9 Å². The standard InChI is InChI=1S/C24H28N4O7/c1-5-6-11-27(24(29)16-8-7-9-18(13-16)28(30)31)12-10-21-25-23(26-35-21)17-14-19(32-2)22(34-4)20(15-17)33-3/h7-9,13-15H,5-6,10-12H2,1-4H3. The first-order valence-electron chi connectivity index (χ1n) is 11.1. The number of carbonyl (C=O) groups is 1. The van der Waals surface area contributed by atoms with E-state index in [0.717, 1.165) is 12.8 Å². The van der Waals surface area contributed by atoms with E-state index in [4.69, 9.17) is 18.7 Å². The maximum atomic E-state index is 13.1. The molecule has 0 saturated heterocycles. The zero-order valence-electron chi connectivity index (χ0n) is 20.1. The van der Waals surface area contributed by atoms with Crippen molar-refractivity contribution in [3.05, 3.63) is 58.0 Å². The number of nitro benzene ring substituents is 1. The van der Waals surface area contributed by atoms with Gasteiger partial charge in [0.05, 0.1) is 26.3 Å². The molecule has 1 heterocycles. The van der Waals surface area contributed by atoms with Crippen LogP contribution in [0.3, 0.4) is 0 Å². The van der Waals surface area contributed by atoms with Crippen molar-refractivity contribution < 1.29 is 28.5 Å². The average molecular weight is 485 g/mol. The largest absolute Gasteiger partial charge is 0.493 e. The highest BCUT2D eigenvalue weighted by Crippen LogP contribution is 2.40. The smallest absolute Gasteiger partial charge is 0.270 e. The summed E-state index contributed by atoms with van der Waals surface area (Å²) in [7, 11) is 4.56. The zero-order chi connectivity index (χ0) is 25.4. The van der Waals surface area contributed by atoms with Gasteiger partial charge in [-0.2, -0.15) is 4.98 Å². The van der Waals surface area contributed by atoms with Gasteiger partial charge in [0.15, 0.2) is 11.5 Å². The van der Waals surface area contributed by atoms with Gasteiger partial charge in [-0.1, -0.05) is 24.6 Å². The fraction of sp³-hybridized carbons (Fsp3) is 0.375. The second-order valence-electron chi connectivity index (χ2n) is 7.63. The molecular formula is C24H28N4O7. The fourth-order valence-corrected chi connectivity index (χ4v) is 3.51. The number of nitrogens with zero attached hydrogens (tertiary/aromatic N) is 4. The predicted octanol–water partition coefficient (Wildman–Crippen LogP) is 4.16. The van der Waals surface area contributed by atoms with Crippen LogP contribution in [0, 0.1) is 10.1 Å². The van der Waals surface area contributed by atoms with E-state index >= 15 is 0 Å². The minimum Gasteiger partial charge on any atom is -0.493 e. The lowest BCUT2D eigenvalue weighted by Crippen LogP contribution is -2.34. The molecule has 0 saturated carbocycles. The van der Waals surface area contributed by atoms with Gasteiger partial charge in [0.25, 0.3) is 11.6 Å². The molecule has 0 unspecified atom stereocenters. The van der Waals surface area contributed by atoms with Gasteiger partial charge in [-0.15, -0.1) is 0 Å². The quantitative estimate of drug-likeness (QED) is 0.275. The molecule has 3 rings (SSSR count).